The van der Waals surface area contributed by atoms with Crippen LogP contribution >= 0.6 is 0 Å². The van der Waals surface area contributed by atoms with E-state index >= 15 is 0 Å². The minimum absolute atomic E-state index is 0.340. The zero-order chi connectivity index (χ0) is 9.73. The van der Waals surface area contributed by atoms with Crippen LogP contribution in [-0.4, -0.2) is 12.8 Å². The number of hydrogen-bond donors (Lipinski definition) is 0. The van der Waals surface area contributed by atoms with E-state index in [0.29, 0.717) is 5.88 Å². The molecule has 0 aliphatic carbocycles. The Bertz CT molecular complexity index is 247. The van der Waals surface area contributed by atoms with Crippen LogP contribution in [0.4, 0.5) is 13.2 Å². The smallest absolute Gasteiger partial charge is 0.392 e. The number of pyridine rings is 1. The van der Waals surface area contributed by atoms with Crippen molar-refractivity contribution >= 4 is 0 Å². The molecule has 1 aromatic heterocycles. The van der Waals surface area contributed by atoms with Crippen LogP contribution in [0.1, 0.15) is 6.42 Å². The Morgan fingerprint density at radius 1 is 1.31 bits per heavy atom. The molecule has 0 aromatic carbocycles. The molecule has 0 fully saturated rings. The number of aromatic amines is 1. The molecule has 1 aromatic rings. The van der Waals surface area contributed by atoms with E-state index in [1.54, 1.807) is 24.4 Å². The number of hydrogen-bond acceptors (Lipinski definition) is 1. The summed E-state index contributed by atoms with van der Waals surface area (Å²) in [5.41, 5.74) is 0. The highest BCUT2D eigenvalue weighted by atomic mass is 19.4. The first-order valence-electron chi connectivity index (χ1n) is 3.74. The highest BCUT2D eigenvalue weighted by Gasteiger charge is 2.27. The fraction of sp³-hybridized carbons (Fsp3) is 0.375. The van der Waals surface area contributed by atoms with Gasteiger partial charge in [-0.25, -0.2) is 0 Å². The summed E-state index contributed by atoms with van der Waals surface area (Å²) in [6, 6.07) is 4.96. The Morgan fingerprint density at radius 3 is 2.62 bits per heavy atom. The average molecular weight is 192 g/mol. The number of rotatable bonds is 3. The van der Waals surface area contributed by atoms with Crippen molar-refractivity contribution in [3.8, 4) is 5.88 Å². The summed E-state index contributed by atoms with van der Waals surface area (Å²) < 4.78 is 39.8. The maximum Gasteiger partial charge on any atom is 0.392 e. The zero-order valence-electron chi connectivity index (χ0n) is 6.77. The predicted octanol–water partition coefficient (Wildman–Crippen LogP) is 1.83. The Labute approximate surface area is 73.4 Å². The van der Waals surface area contributed by atoms with E-state index in [9.17, 15) is 13.2 Å². The number of halogens is 3. The molecule has 0 spiro atoms. The molecule has 0 saturated heterocycles. The summed E-state index contributed by atoms with van der Waals surface area (Å²) in [5.74, 6) is 0.340. The van der Waals surface area contributed by atoms with Crippen LogP contribution in [-0.2, 0) is 0 Å². The van der Waals surface area contributed by atoms with Crippen LogP contribution in [0.25, 0.3) is 0 Å². The number of alkyl halides is 3. The molecule has 13 heavy (non-hydrogen) atoms. The standard InChI is InChI=1S/C8H8F3NO/c9-8(10,11)4-6-13-7-3-1-2-5-12-7/h1-3,5H,4,6H2/p+1. The van der Waals surface area contributed by atoms with Crippen LogP contribution < -0.4 is 9.72 Å². The zero-order valence-corrected chi connectivity index (χ0v) is 6.77. The number of ether oxygens (including phenoxy) is 1. The molecule has 0 aliphatic rings. The van der Waals surface area contributed by atoms with Gasteiger partial charge in [0.25, 0.3) is 0 Å². The van der Waals surface area contributed by atoms with Crippen molar-refractivity contribution in [3.63, 3.8) is 0 Å². The van der Waals surface area contributed by atoms with E-state index in [2.05, 4.69) is 4.98 Å². The van der Waals surface area contributed by atoms with E-state index in [1.807, 2.05) is 0 Å². The summed E-state index contributed by atoms with van der Waals surface area (Å²) in [6.45, 7) is -0.357. The Balaban J connectivity index is 2.29. The molecule has 0 amide bonds. The van der Waals surface area contributed by atoms with Crippen molar-refractivity contribution in [2.75, 3.05) is 6.61 Å². The van der Waals surface area contributed by atoms with Gasteiger partial charge in [0.1, 0.15) is 6.61 Å². The van der Waals surface area contributed by atoms with Crippen molar-refractivity contribution in [2.24, 2.45) is 0 Å². The second-order valence-electron chi connectivity index (χ2n) is 2.44. The summed E-state index contributed by atoms with van der Waals surface area (Å²) in [7, 11) is 0. The molecule has 0 saturated carbocycles. The minimum Gasteiger partial charge on any atom is -0.444 e. The molecule has 1 rings (SSSR count). The van der Waals surface area contributed by atoms with Crippen LogP contribution in [0.2, 0.25) is 0 Å². The van der Waals surface area contributed by atoms with Crippen molar-refractivity contribution in [3.05, 3.63) is 24.4 Å². The molecule has 0 unspecified atom stereocenters. The number of aromatic nitrogens is 1. The number of H-pyrrole nitrogens is 1. The topological polar surface area (TPSA) is 23.4 Å². The van der Waals surface area contributed by atoms with Crippen molar-refractivity contribution in [1.29, 1.82) is 0 Å². The van der Waals surface area contributed by atoms with E-state index < -0.39 is 12.6 Å². The molecule has 5 heteroatoms. The largest absolute Gasteiger partial charge is 0.444 e. The second-order valence-corrected chi connectivity index (χ2v) is 2.44. The fourth-order valence-electron chi connectivity index (χ4n) is 0.743. The van der Waals surface area contributed by atoms with Crippen LogP contribution in [0.3, 0.4) is 0 Å². The Kier molecular flexibility index (Phi) is 3.11. The average Bonchev–Trinajstić information content (AvgIpc) is 2.04. The first-order chi connectivity index (χ1) is 6.08. The normalized spacial score (nSPS) is 11.3. The third kappa shape index (κ3) is 4.35. The monoisotopic (exact) mass is 192 g/mol. The van der Waals surface area contributed by atoms with Crippen LogP contribution in [0.5, 0.6) is 5.88 Å². The van der Waals surface area contributed by atoms with Gasteiger partial charge in [0, 0.05) is 6.07 Å². The van der Waals surface area contributed by atoms with Crippen molar-refractivity contribution < 1.29 is 22.9 Å². The highest BCUT2D eigenvalue weighted by Crippen LogP contribution is 2.19. The molecule has 0 radical (unpaired) electrons. The maximum absolute atomic E-state index is 11.7. The molecule has 0 aliphatic heterocycles. The van der Waals surface area contributed by atoms with E-state index in [1.165, 1.54) is 0 Å². The summed E-state index contributed by atoms with van der Waals surface area (Å²) in [5, 5.41) is 0. The third-order valence-corrected chi connectivity index (χ3v) is 1.32. The van der Waals surface area contributed by atoms with Crippen molar-refractivity contribution in [1.82, 2.24) is 0 Å². The lowest BCUT2D eigenvalue weighted by atomic mass is 10.4. The van der Waals surface area contributed by atoms with Gasteiger partial charge >= 0.3 is 12.1 Å². The van der Waals surface area contributed by atoms with Gasteiger partial charge in [-0.15, -0.1) is 0 Å². The van der Waals surface area contributed by atoms with Crippen LogP contribution in [0.15, 0.2) is 24.4 Å². The van der Waals surface area contributed by atoms with Crippen molar-refractivity contribution in [2.45, 2.75) is 12.6 Å². The number of nitrogens with one attached hydrogen (secondary N) is 1. The molecule has 0 bridgehead atoms. The van der Waals surface area contributed by atoms with Gasteiger partial charge in [0.05, 0.1) is 12.5 Å². The highest BCUT2D eigenvalue weighted by molar-refractivity contribution is 5.01. The van der Waals surface area contributed by atoms with Gasteiger partial charge in [-0.3, -0.25) is 0 Å². The van der Waals surface area contributed by atoms with Gasteiger partial charge in [-0.05, 0) is 6.07 Å². The van der Waals surface area contributed by atoms with E-state index in [0.717, 1.165) is 0 Å². The first kappa shape index (κ1) is 9.83. The fourth-order valence-corrected chi connectivity index (χ4v) is 0.743. The summed E-state index contributed by atoms with van der Waals surface area (Å²) >= 11 is 0. The molecule has 1 N–H and O–H groups in total. The predicted molar refractivity (Wildman–Crippen MR) is 39.2 cm³/mol. The molecule has 0 atom stereocenters. The molecule has 2 nitrogen and oxygen atoms in total. The van der Waals surface area contributed by atoms with E-state index in [-0.39, 0.29) is 6.61 Å². The maximum atomic E-state index is 11.7. The van der Waals surface area contributed by atoms with Gasteiger partial charge in [-0.1, -0.05) is 0 Å². The Morgan fingerprint density at radius 2 is 2.08 bits per heavy atom. The van der Waals surface area contributed by atoms with Gasteiger partial charge in [0.2, 0.25) is 0 Å². The summed E-state index contributed by atoms with van der Waals surface area (Å²) in [6.07, 6.45) is -3.51. The van der Waals surface area contributed by atoms with Gasteiger partial charge in [0.15, 0.2) is 6.20 Å². The van der Waals surface area contributed by atoms with E-state index in [4.69, 9.17) is 4.74 Å². The molecular formula is C8H9F3NO+. The lowest BCUT2D eigenvalue weighted by Gasteiger charge is -2.04. The quantitative estimate of drug-likeness (QED) is 0.716. The Hall–Kier alpha value is -1.26. The minimum atomic E-state index is -4.16. The molecule has 72 valence electrons. The second kappa shape index (κ2) is 4.11. The summed E-state index contributed by atoms with van der Waals surface area (Å²) in [4.78, 5) is 2.67. The SMILES string of the molecule is FC(F)(F)CCOc1cccc[nH+]1. The molecule has 1 heterocycles. The lowest BCUT2D eigenvalue weighted by Crippen LogP contribution is -2.16. The van der Waals surface area contributed by atoms with Gasteiger partial charge < -0.3 is 4.74 Å². The molecular weight excluding hydrogens is 183 g/mol. The third-order valence-electron chi connectivity index (χ3n) is 1.32. The first-order valence-corrected chi connectivity index (χ1v) is 3.74. The van der Waals surface area contributed by atoms with Crippen LogP contribution in [0, 0.1) is 0 Å². The van der Waals surface area contributed by atoms with Gasteiger partial charge in [-0.2, -0.15) is 18.2 Å². The lowest BCUT2D eigenvalue weighted by molar-refractivity contribution is -0.394.